The monoisotopic (exact) mass is 331 g/mol. The first-order valence-electron chi connectivity index (χ1n) is 7.54. The summed E-state index contributed by atoms with van der Waals surface area (Å²) in [5, 5.41) is 4.00. The minimum absolute atomic E-state index is 0.0439. The Labute approximate surface area is 140 Å². The van der Waals surface area contributed by atoms with Gasteiger partial charge >= 0.3 is 0 Å². The molecular weight excluding hydrogens is 314 g/mol. The lowest BCUT2D eigenvalue weighted by Crippen LogP contribution is -2.41. The molecule has 1 fully saturated rings. The molecule has 5 nitrogen and oxygen atoms in total. The average molecular weight is 332 g/mol. The van der Waals surface area contributed by atoms with Gasteiger partial charge in [0, 0.05) is 24.7 Å². The van der Waals surface area contributed by atoms with Crippen LogP contribution in [0.5, 0.6) is 0 Å². The van der Waals surface area contributed by atoms with E-state index in [2.05, 4.69) is 10.3 Å². The van der Waals surface area contributed by atoms with E-state index in [1.807, 2.05) is 30.3 Å². The van der Waals surface area contributed by atoms with E-state index in [0.717, 1.165) is 16.3 Å². The van der Waals surface area contributed by atoms with Gasteiger partial charge < -0.3 is 15.0 Å². The predicted octanol–water partition coefficient (Wildman–Crippen LogP) is 2.82. The van der Waals surface area contributed by atoms with Gasteiger partial charge in [-0.25, -0.2) is 4.98 Å². The molecule has 3 rings (SSSR count). The molecule has 1 aromatic heterocycles. The molecule has 0 spiro atoms. The van der Waals surface area contributed by atoms with Gasteiger partial charge in [-0.1, -0.05) is 23.7 Å². The molecule has 1 aromatic carbocycles. The van der Waals surface area contributed by atoms with E-state index in [9.17, 15) is 4.79 Å². The van der Waals surface area contributed by atoms with Crippen LogP contribution >= 0.6 is 11.6 Å². The number of hydrogen-bond acceptors (Lipinski definition) is 4. The third-order valence-corrected chi connectivity index (χ3v) is 3.94. The van der Waals surface area contributed by atoms with Crippen LogP contribution in [0.3, 0.4) is 0 Å². The fourth-order valence-electron chi connectivity index (χ4n) is 2.36. The molecule has 0 saturated carbocycles. The van der Waals surface area contributed by atoms with Crippen LogP contribution in [0.25, 0.3) is 0 Å². The fourth-order valence-corrected chi connectivity index (χ4v) is 2.49. The topological polar surface area (TPSA) is 54.5 Å². The van der Waals surface area contributed by atoms with Crippen LogP contribution in [0.4, 0.5) is 5.69 Å². The normalized spacial score (nSPS) is 14.6. The van der Waals surface area contributed by atoms with Crippen molar-refractivity contribution in [1.29, 1.82) is 0 Å². The Balaban J connectivity index is 1.58. The Morgan fingerprint density at radius 1 is 1.17 bits per heavy atom. The van der Waals surface area contributed by atoms with Gasteiger partial charge in [-0.05, 0) is 29.8 Å². The second kappa shape index (κ2) is 7.44. The first-order chi connectivity index (χ1) is 11.2. The van der Waals surface area contributed by atoms with Crippen molar-refractivity contribution < 1.29 is 9.53 Å². The van der Waals surface area contributed by atoms with Crippen LogP contribution in [0, 0.1) is 0 Å². The Morgan fingerprint density at radius 2 is 1.91 bits per heavy atom. The quantitative estimate of drug-likeness (QED) is 0.936. The minimum atomic E-state index is -0.0439. The molecule has 2 aromatic rings. The van der Waals surface area contributed by atoms with Crippen molar-refractivity contribution >= 4 is 23.2 Å². The summed E-state index contributed by atoms with van der Waals surface area (Å²) in [6.45, 7) is 3.10. The summed E-state index contributed by atoms with van der Waals surface area (Å²) in [5.74, 6) is -0.0439. The minimum Gasteiger partial charge on any atom is -0.380 e. The summed E-state index contributed by atoms with van der Waals surface area (Å²) in [6.07, 6.45) is 1.68. The first kappa shape index (κ1) is 15.8. The van der Waals surface area contributed by atoms with Crippen LogP contribution in [-0.4, -0.2) is 42.1 Å². The first-order valence-corrected chi connectivity index (χ1v) is 7.91. The molecule has 1 amide bonds. The summed E-state index contributed by atoms with van der Waals surface area (Å²) in [4.78, 5) is 18.3. The van der Waals surface area contributed by atoms with Gasteiger partial charge in [0.1, 0.15) is 5.69 Å². The number of nitrogens with one attached hydrogen (secondary N) is 1. The van der Waals surface area contributed by atoms with E-state index < -0.39 is 0 Å². The number of anilines is 1. The Bertz CT molecular complexity index is 653. The molecule has 0 atom stereocenters. The summed E-state index contributed by atoms with van der Waals surface area (Å²) in [7, 11) is 0. The standard InChI is InChI=1S/C17H18ClN3O2/c18-14-3-1-13(2-4-14)11-19-15-5-6-16(20-12-15)17(22)21-7-9-23-10-8-21/h1-6,12,19H,7-11H2. The van der Waals surface area contributed by atoms with Gasteiger partial charge in [0.25, 0.3) is 5.91 Å². The zero-order chi connectivity index (χ0) is 16.1. The average Bonchev–Trinajstić information content (AvgIpc) is 2.62. The lowest BCUT2D eigenvalue weighted by molar-refractivity contribution is 0.0299. The number of morpholine rings is 1. The number of nitrogens with zero attached hydrogens (tertiary/aromatic N) is 2. The highest BCUT2D eigenvalue weighted by Gasteiger charge is 2.19. The molecule has 0 aliphatic carbocycles. The number of amides is 1. The number of rotatable bonds is 4. The molecule has 0 unspecified atom stereocenters. The maximum Gasteiger partial charge on any atom is 0.272 e. The zero-order valence-corrected chi connectivity index (χ0v) is 13.4. The maximum absolute atomic E-state index is 12.3. The third-order valence-electron chi connectivity index (χ3n) is 3.69. The lowest BCUT2D eigenvalue weighted by Gasteiger charge is -2.26. The number of hydrogen-bond donors (Lipinski definition) is 1. The number of halogens is 1. The summed E-state index contributed by atoms with van der Waals surface area (Å²) >= 11 is 5.87. The molecule has 1 saturated heterocycles. The van der Waals surface area contributed by atoms with Crippen molar-refractivity contribution in [3.63, 3.8) is 0 Å². The van der Waals surface area contributed by atoms with Crippen LogP contribution < -0.4 is 5.32 Å². The molecule has 120 valence electrons. The van der Waals surface area contributed by atoms with Crippen LogP contribution in [-0.2, 0) is 11.3 Å². The van der Waals surface area contributed by atoms with Crippen LogP contribution in [0.1, 0.15) is 16.1 Å². The second-order valence-electron chi connectivity index (χ2n) is 5.32. The smallest absolute Gasteiger partial charge is 0.272 e. The van der Waals surface area contributed by atoms with Crippen molar-refractivity contribution in [1.82, 2.24) is 9.88 Å². The van der Waals surface area contributed by atoms with E-state index in [0.29, 0.717) is 38.5 Å². The second-order valence-corrected chi connectivity index (χ2v) is 5.75. The van der Waals surface area contributed by atoms with Crippen molar-refractivity contribution in [3.8, 4) is 0 Å². The van der Waals surface area contributed by atoms with E-state index in [4.69, 9.17) is 16.3 Å². The maximum atomic E-state index is 12.3. The van der Waals surface area contributed by atoms with Crippen LogP contribution in [0.2, 0.25) is 5.02 Å². The van der Waals surface area contributed by atoms with Gasteiger partial charge in [-0.2, -0.15) is 0 Å². The number of carbonyl (C=O) groups is 1. The molecule has 0 radical (unpaired) electrons. The van der Waals surface area contributed by atoms with Crippen molar-refractivity contribution in [2.75, 3.05) is 31.6 Å². The SMILES string of the molecule is O=C(c1ccc(NCc2ccc(Cl)cc2)cn1)N1CCOCC1. The molecule has 0 bridgehead atoms. The van der Waals surface area contributed by atoms with E-state index in [1.54, 1.807) is 17.2 Å². The highest BCUT2D eigenvalue weighted by Crippen LogP contribution is 2.13. The number of carbonyl (C=O) groups excluding carboxylic acids is 1. The van der Waals surface area contributed by atoms with Crippen molar-refractivity contribution in [2.24, 2.45) is 0 Å². The number of ether oxygens (including phenoxy) is 1. The van der Waals surface area contributed by atoms with Crippen molar-refractivity contribution in [3.05, 3.63) is 58.9 Å². The summed E-state index contributed by atoms with van der Waals surface area (Å²) in [5.41, 5.74) is 2.46. The highest BCUT2D eigenvalue weighted by molar-refractivity contribution is 6.30. The van der Waals surface area contributed by atoms with Gasteiger partial charge in [0.2, 0.25) is 0 Å². The molecule has 1 aliphatic rings. The van der Waals surface area contributed by atoms with Gasteiger partial charge in [-0.3, -0.25) is 4.79 Å². The Hall–Kier alpha value is -2.11. The predicted molar refractivity (Wildman–Crippen MR) is 89.7 cm³/mol. The third kappa shape index (κ3) is 4.21. The summed E-state index contributed by atoms with van der Waals surface area (Å²) < 4.78 is 5.25. The molecule has 1 N–H and O–H groups in total. The summed E-state index contributed by atoms with van der Waals surface area (Å²) in [6, 6.07) is 11.3. The number of pyridine rings is 1. The molecule has 2 heterocycles. The number of aromatic nitrogens is 1. The fraction of sp³-hybridized carbons (Fsp3) is 0.294. The molecule has 1 aliphatic heterocycles. The van der Waals surface area contributed by atoms with Crippen molar-refractivity contribution in [2.45, 2.75) is 6.54 Å². The highest BCUT2D eigenvalue weighted by atomic mass is 35.5. The molecule has 6 heteroatoms. The van der Waals surface area contributed by atoms with E-state index in [-0.39, 0.29) is 5.91 Å². The lowest BCUT2D eigenvalue weighted by atomic mass is 10.2. The van der Waals surface area contributed by atoms with Gasteiger partial charge in [0.15, 0.2) is 0 Å². The Kier molecular flexibility index (Phi) is 5.10. The van der Waals surface area contributed by atoms with Gasteiger partial charge in [0.05, 0.1) is 25.1 Å². The Morgan fingerprint density at radius 3 is 2.57 bits per heavy atom. The van der Waals surface area contributed by atoms with Crippen LogP contribution in [0.15, 0.2) is 42.6 Å². The molecular formula is C17H18ClN3O2. The largest absolute Gasteiger partial charge is 0.380 e. The van der Waals surface area contributed by atoms with E-state index >= 15 is 0 Å². The molecule has 23 heavy (non-hydrogen) atoms. The van der Waals surface area contributed by atoms with Gasteiger partial charge in [-0.15, -0.1) is 0 Å². The zero-order valence-electron chi connectivity index (χ0n) is 12.7. The van der Waals surface area contributed by atoms with E-state index in [1.165, 1.54) is 0 Å². The number of benzene rings is 1.